The Morgan fingerprint density at radius 2 is 1.92 bits per heavy atom. The summed E-state index contributed by atoms with van der Waals surface area (Å²) in [5.41, 5.74) is 7.38. The quantitative estimate of drug-likeness (QED) is 0.654. The van der Waals surface area contributed by atoms with E-state index < -0.39 is 0 Å². The van der Waals surface area contributed by atoms with Gasteiger partial charge in [0.05, 0.1) is 11.3 Å². The summed E-state index contributed by atoms with van der Waals surface area (Å²) < 4.78 is 2.28. The van der Waals surface area contributed by atoms with Crippen molar-refractivity contribution in [2.24, 2.45) is 0 Å². The first kappa shape index (κ1) is 14.7. The molecule has 0 N–H and O–H groups in total. The van der Waals surface area contributed by atoms with E-state index in [1.165, 1.54) is 11.1 Å². The monoisotopic (exact) mass is 313 g/mol. The average molecular weight is 313 g/mol. The van der Waals surface area contributed by atoms with Gasteiger partial charge in [-0.25, -0.2) is 0 Å². The van der Waals surface area contributed by atoms with Crippen LogP contribution in [0.25, 0.3) is 22.4 Å². The van der Waals surface area contributed by atoms with Crippen molar-refractivity contribution in [2.45, 2.75) is 32.7 Å². The molecule has 1 aromatic carbocycles. The van der Waals surface area contributed by atoms with Crippen molar-refractivity contribution in [1.29, 1.82) is 5.26 Å². The number of hydrogen-bond acceptors (Lipinski definition) is 2. The molecule has 24 heavy (non-hydrogen) atoms. The minimum Gasteiger partial charge on any atom is -0.340 e. The zero-order valence-corrected chi connectivity index (χ0v) is 14.2. The standard InChI is InChI=1S/C21H19N3/c1-14-12-23-9-8-16(14)19-13-24-20(18(19)11-22)17-7-5-4-6-15(17)10-21(24,2)3/h4-9,12-13H,10H2,1-3H3. The molecule has 0 atom stereocenters. The van der Waals surface area contributed by atoms with Gasteiger partial charge in [-0.15, -0.1) is 0 Å². The molecule has 0 aliphatic carbocycles. The van der Waals surface area contributed by atoms with Crippen molar-refractivity contribution in [3.63, 3.8) is 0 Å². The van der Waals surface area contributed by atoms with Crippen LogP contribution in [-0.4, -0.2) is 9.55 Å². The summed E-state index contributed by atoms with van der Waals surface area (Å²) in [5, 5.41) is 9.93. The molecule has 3 heterocycles. The highest BCUT2D eigenvalue weighted by Gasteiger charge is 2.33. The second-order valence-electron chi connectivity index (χ2n) is 7.09. The minimum atomic E-state index is -0.0610. The highest BCUT2D eigenvalue weighted by molar-refractivity contribution is 5.84. The Morgan fingerprint density at radius 3 is 2.67 bits per heavy atom. The number of pyridine rings is 1. The summed E-state index contributed by atoms with van der Waals surface area (Å²) in [6.45, 7) is 6.51. The van der Waals surface area contributed by atoms with Gasteiger partial charge in [0.2, 0.25) is 0 Å². The summed E-state index contributed by atoms with van der Waals surface area (Å²) in [6.07, 6.45) is 6.75. The molecule has 0 radical (unpaired) electrons. The number of fused-ring (bicyclic) bond motifs is 3. The Kier molecular flexibility index (Phi) is 3.11. The average Bonchev–Trinajstić information content (AvgIpc) is 2.95. The summed E-state index contributed by atoms with van der Waals surface area (Å²) in [7, 11) is 0. The van der Waals surface area contributed by atoms with Gasteiger partial charge < -0.3 is 4.57 Å². The van der Waals surface area contributed by atoms with Crippen molar-refractivity contribution < 1.29 is 0 Å². The van der Waals surface area contributed by atoms with E-state index in [4.69, 9.17) is 0 Å². The van der Waals surface area contributed by atoms with Crippen molar-refractivity contribution in [3.05, 3.63) is 65.6 Å². The first-order chi connectivity index (χ1) is 11.5. The lowest BCUT2D eigenvalue weighted by Crippen LogP contribution is -2.32. The highest BCUT2D eigenvalue weighted by atomic mass is 15.1. The van der Waals surface area contributed by atoms with E-state index in [-0.39, 0.29) is 5.54 Å². The molecular formula is C21H19N3. The number of nitriles is 1. The first-order valence-electron chi connectivity index (χ1n) is 8.18. The zero-order chi connectivity index (χ0) is 16.9. The van der Waals surface area contributed by atoms with E-state index in [1.807, 2.05) is 25.3 Å². The normalized spacial score (nSPS) is 14.6. The van der Waals surface area contributed by atoms with Crippen LogP contribution in [0.15, 0.2) is 48.9 Å². The number of benzene rings is 1. The summed E-state index contributed by atoms with van der Waals surface area (Å²) in [6, 6.07) is 12.9. The van der Waals surface area contributed by atoms with Crippen LogP contribution in [0.5, 0.6) is 0 Å². The summed E-state index contributed by atoms with van der Waals surface area (Å²) in [4.78, 5) is 4.18. The Labute approximate surface area is 142 Å². The van der Waals surface area contributed by atoms with E-state index in [0.717, 1.165) is 34.4 Å². The van der Waals surface area contributed by atoms with Gasteiger partial charge in [0, 0.05) is 35.3 Å². The topological polar surface area (TPSA) is 41.6 Å². The number of hydrogen-bond donors (Lipinski definition) is 0. The third-order valence-corrected chi connectivity index (χ3v) is 4.98. The lowest BCUT2D eigenvalue weighted by Gasteiger charge is -2.35. The maximum Gasteiger partial charge on any atom is 0.102 e. The van der Waals surface area contributed by atoms with Gasteiger partial charge in [-0.05, 0) is 49.9 Å². The molecule has 1 aliphatic heterocycles. The number of aryl methyl sites for hydroxylation is 1. The maximum atomic E-state index is 9.93. The smallest absolute Gasteiger partial charge is 0.102 e. The Bertz CT molecular complexity index is 987. The molecule has 0 amide bonds. The molecule has 2 aromatic heterocycles. The van der Waals surface area contributed by atoms with Crippen molar-refractivity contribution in [1.82, 2.24) is 9.55 Å². The second-order valence-corrected chi connectivity index (χ2v) is 7.09. The fourth-order valence-corrected chi connectivity index (χ4v) is 3.80. The second kappa shape index (κ2) is 5.07. The van der Waals surface area contributed by atoms with Crippen LogP contribution in [-0.2, 0) is 12.0 Å². The third kappa shape index (κ3) is 2.00. The van der Waals surface area contributed by atoms with Crippen LogP contribution >= 0.6 is 0 Å². The molecule has 0 fully saturated rings. The first-order valence-corrected chi connectivity index (χ1v) is 8.18. The molecule has 3 nitrogen and oxygen atoms in total. The largest absolute Gasteiger partial charge is 0.340 e. The Hall–Kier alpha value is -2.86. The molecule has 4 rings (SSSR count). The summed E-state index contributed by atoms with van der Waals surface area (Å²) >= 11 is 0. The van der Waals surface area contributed by atoms with Crippen molar-refractivity contribution in [3.8, 4) is 28.5 Å². The molecule has 0 unspecified atom stereocenters. The SMILES string of the molecule is Cc1cnccc1-c1cn2c(c1C#N)-c1ccccc1CC2(C)C. The van der Waals surface area contributed by atoms with Gasteiger partial charge >= 0.3 is 0 Å². The zero-order valence-electron chi connectivity index (χ0n) is 14.2. The van der Waals surface area contributed by atoms with Crippen LogP contribution in [0.4, 0.5) is 0 Å². The minimum absolute atomic E-state index is 0.0610. The molecule has 0 saturated carbocycles. The highest BCUT2D eigenvalue weighted by Crippen LogP contribution is 2.44. The molecule has 0 spiro atoms. The van der Waals surface area contributed by atoms with E-state index >= 15 is 0 Å². The summed E-state index contributed by atoms with van der Waals surface area (Å²) in [5.74, 6) is 0. The van der Waals surface area contributed by atoms with Crippen LogP contribution in [0, 0.1) is 18.3 Å². The predicted octanol–water partition coefficient (Wildman–Crippen LogP) is 4.69. The molecule has 118 valence electrons. The van der Waals surface area contributed by atoms with Crippen molar-refractivity contribution >= 4 is 0 Å². The number of nitrogens with zero attached hydrogens (tertiary/aromatic N) is 3. The van der Waals surface area contributed by atoms with Gasteiger partial charge in [-0.2, -0.15) is 5.26 Å². The van der Waals surface area contributed by atoms with Gasteiger partial charge in [0.15, 0.2) is 0 Å². The molecule has 1 aliphatic rings. The fourth-order valence-electron chi connectivity index (χ4n) is 3.80. The van der Waals surface area contributed by atoms with E-state index in [9.17, 15) is 5.26 Å². The van der Waals surface area contributed by atoms with E-state index in [2.05, 4.69) is 53.9 Å². The van der Waals surface area contributed by atoms with E-state index in [1.54, 1.807) is 6.20 Å². The van der Waals surface area contributed by atoms with Gasteiger partial charge in [0.1, 0.15) is 6.07 Å². The van der Waals surface area contributed by atoms with Crippen molar-refractivity contribution in [2.75, 3.05) is 0 Å². The maximum absolute atomic E-state index is 9.93. The predicted molar refractivity (Wildman–Crippen MR) is 95.6 cm³/mol. The lowest BCUT2D eigenvalue weighted by molar-refractivity contribution is 0.350. The van der Waals surface area contributed by atoms with Gasteiger partial charge in [-0.1, -0.05) is 24.3 Å². The van der Waals surface area contributed by atoms with Crippen LogP contribution in [0.3, 0.4) is 0 Å². The fraction of sp³-hybridized carbons (Fsp3) is 0.238. The lowest BCUT2D eigenvalue weighted by atomic mass is 9.85. The Balaban J connectivity index is 2.08. The number of rotatable bonds is 1. The van der Waals surface area contributed by atoms with E-state index in [0.29, 0.717) is 0 Å². The van der Waals surface area contributed by atoms with Crippen LogP contribution in [0.1, 0.15) is 30.5 Å². The van der Waals surface area contributed by atoms with Gasteiger partial charge in [-0.3, -0.25) is 4.98 Å². The molecule has 0 bridgehead atoms. The van der Waals surface area contributed by atoms with Crippen LogP contribution < -0.4 is 0 Å². The number of aromatic nitrogens is 2. The molecular weight excluding hydrogens is 294 g/mol. The Morgan fingerprint density at radius 1 is 1.12 bits per heavy atom. The molecule has 3 heteroatoms. The van der Waals surface area contributed by atoms with Crippen LogP contribution in [0.2, 0.25) is 0 Å². The molecule has 0 saturated heterocycles. The van der Waals surface area contributed by atoms with Gasteiger partial charge in [0.25, 0.3) is 0 Å². The molecule has 3 aromatic rings. The third-order valence-electron chi connectivity index (χ3n) is 4.98.